The molecule has 0 fully saturated rings. The molecule has 12 rings (SSSR count). The number of benzene rings is 4. The third kappa shape index (κ3) is 12.2. The summed E-state index contributed by atoms with van der Waals surface area (Å²) in [5.41, 5.74) is 2.09. The number of ketones is 10. The van der Waals surface area contributed by atoms with Crippen LogP contribution in [0.1, 0.15) is 96.3 Å². The van der Waals surface area contributed by atoms with E-state index in [-0.39, 0.29) is 57.6 Å². The van der Waals surface area contributed by atoms with Crippen molar-refractivity contribution in [1.29, 1.82) is 0 Å². The first-order chi connectivity index (χ1) is 38.7. The minimum atomic E-state index is -1.25. The fourth-order valence-corrected chi connectivity index (χ4v) is 8.72. The van der Waals surface area contributed by atoms with E-state index in [1.54, 1.807) is 146 Å². The molecule has 0 atom stereocenters. The number of Topliss-reactive ketones (excluding diaryl/α,β-unsaturated/α-hetero) is 6. The Bertz CT molecular complexity index is 3660. The fourth-order valence-electron chi connectivity index (χ4n) is 8.72. The molecule has 4 aliphatic rings. The summed E-state index contributed by atoms with van der Waals surface area (Å²) >= 11 is 0. The summed E-state index contributed by atoms with van der Waals surface area (Å²) in [5.74, 6) is -6.19. The molecule has 4 aromatic carbocycles. The van der Waals surface area contributed by atoms with Crippen molar-refractivity contribution in [3.8, 4) is 0 Å². The topological polar surface area (TPSA) is 267 Å². The van der Waals surface area contributed by atoms with Crippen molar-refractivity contribution in [2.45, 2.75) is 0 Å². The minimum absolute atomic E-state index is 0. The zero-order valence-corrected chi connectivity index (χ0v) is 44.5. The third-order valence-corrected chi connectivity index (χ3v) is 12.6. The van der Waals surface area contributed by atoms with Gasteiger partial charge in [-0.3, -0.25) is 47.9 Å². The summed E-state index contributed by atoms with van der Waals surface area (Å²) < 4.78 is 20.2. The van der Waals surface area contributed by atoms with Crippen molar-refractivity contribution in [2.24, 2.45) is 11.8 Å². The first-order valence-electron chi connectivity index (χ1n) is 24.2. The van der Waals surface area contributed by atoms with Crippen LogP contribution in [0.25, 0.3) is 35.8 Å². The molecule has 0 saturated heterocycles. The predicted octanol–water partition coefficient (Wildman–Crippen LogP) is 6.98. The number of carbonyl (C=O) groups is 10. The number of aliphatic hydroxyl groups is 1. The summed E-state index contributed by atoms with van der Waals surface area (Å²) in [6.07, 6.45) is 16.5. The Morgan fingerprint density at radius 3 is 0.975 bits per heavy atom. The van der Waals surface area contributed by atoms with Gasteiger partial charge in [-0.1, -0.05) is 103 Å². The van der Waals surface area contributed by atoms with Crippen LogP contribution in [0.3, 0.4) is 0 Å². The van der Waals surface area contributed by atoms with Crippen LogP contribution in [0.2, 0.25) is 0 Å². The van der Waals surface area contributed by atoms with Crippen LogP contribution in [-0.4, -0.2) is 62.9 Å². The van der Waals surface area contributed by atoms with E-state index in [0.717, 1.165) is 0 Å². The van der Waals surface area contributed by atoms with Crippen LogP contribution < -0.4 is 34.7 Å². The second kappa shape index (κ2) is 25.5. The molecule has 8 aromatic rings. The number of hydrogen-bond donors (Lipinski definition) is 1. The maximum absolute atomic E-state index is 12.1. The molecule has 0 bridgehead atoms. The molecular formula is C64H39NaO16. The number of allylic oxidation sites excluding steroid dienone is 6. The van der Waals surface area contributed by atoms with E-state index in [4.69, 9.17) is 17.7 Å². The monoisotopic (exact) mass is 1090 g/mol. The van der Waals surface area contributed by atoms with Gasteiger partial charge in [-0.05, 0) is 103 Å². The van der Waals surface area contributed by atoms with Crippen molar-refractivity contribution in [3.63, 3.8) is 0 Å². The third-order valence-electron chi connectivity index (χ3n) is 12.6. The van der Waals surface area contributed by atoms with E-state index in [0.29, 0.717) is 56.4 Å². The Balaban J connectivity index is 0.000000141. The molecule has 4 aliphatic carbocycles. The second-order valence-corrected chi connectivity index (χ2v) is 17.5. The largest absolute Gasteiger partial charge is 1.00 e. The van der Waals surface area contributed by atoms with Crippen LogP contribution in [-0.2, 0) is 19.2 Å². The molecular weight excluding hydrogens is 1050 g/mol. The van der Waals surface area contributed by atoms with Crippen LogP contribution in [0.5, 0.6) is 0 Å². The minimum Gasteiger partial charge on any atom is -0.871 e. The molecule has 4 aromatic heterocycles. The van der Waals surface area contributed by atoms with E-state index < -0.39 is 75.4 Å². The first kappa shape index (κ1) is 56.9. The predicted molar refractivity (Wildman–Crippen MR) is 286 cm³/mol. The zero-order chi connectivity index (χ0) is 56.5. The summed E-state index contributed by atoms with van der Waals surface area (Å²) in [7, 11) is 0. The zero-order valence-electron chi connectivity index (χ0n) is 42.5. The van der Waals surface area contributed by atoms with Gasteiger partial charge in [-0.25, -0.2) is 0 Å². The average molecular weight is 1090 g/mol. The molecule has 0 spiro atoms. The summed E-state index contributed by atoms with van der Waals surface area (Å²) in [5, 5.41) is 22.1. The van der Waals surface area contributed by atoms with Crippen LogP contribution >= 0.6 is 0 Å². The molecule has 0 saturated carbocycles. The number of hydrogen-bond acceptors (Lipinski definition) is 16. The number of aliphatic hydroxyl groups excluding tert-OH is 1. The van der Waals surface area contributed by atoms with E-state index in [9.17, 15) is 58.2 Å². The first-order valence-corrected chi connectivity index (χ1v) is 24.2. The van der Waals surface area contributed by atoms with Gasteiger partial charge in [-0.15, -0.1) is 0 Å². The van der Waals surface area contributed by atoms with Gasteiger partial charge in [0.05, 0.1) is 30.6 Å². The molecule has 16 nitrogen and oxygen atoms in total. The van der Waals surface area contributed by atoms with Crippen LogP contribution in [0.4, 0.5) is 0 Å². The molecule has 0 unspecified atom stereocenters. The SMILES string of the molecule is O=C(/C=C/c1ccco1)C1=C(O)c2ccccc2C1=O.O=C(/C=C/c1ccco1)C1=C([O-])c2ccccc2C1=O.O=C(/C=C/c1ccco1)C1C(=O)c2ccccc2C1=O.O=C(/C=C/c1ccco1)C1C(=O)c2ccccc2C1=O.[Na+]. The molecule has 0 amide bonds. The summed E-state index contributed by atoms with van der Waals surface area (Å²) in [4.78, 5) is 121. The number of carbonyl (C=O) groups excluding carboxylic acids is 10. The van der Waals surface area contributed by atoms with Gasteiger partial charge in [-0.2, -0.15) is 0 Å². The standard InChI is InChI=1S/4C16H10O4.Na/c4*17-13(8-7-10-4-3-9-20-10)14-15(18)11-5-1-2-6-12(11)16(14)19;/h2*1-9,18H;2*1-9,14H;/q;;;;+1/p-1/b4*8-7+;. The molecule has 0 aliphatic heterocycles. The van der Waals surface area contributed by atoms with Gasteiger partial charge >= 0.3 is 29.6 Å². The Labute approximate surface area is 481 Å². The van der Waals surface area contributed by atoms with Crippen molar-refractivity contribution in [3.05, 3.63) is 274 Å². The van der Waals surface area contributed by atoms with Crippen LogP contribution in [0, 0.1) is 11.8 Å². The maximum Gasteiger partial charge on any atom is 1.00 e. The van der Waals surface area contributed by atoms with Gasteiger partial charge in [0.2, 0.25) is 5.78 Å². The summed E-state index contributed by atoms with van der Waals surface area (Å²) in [6.45, 7) is 0. The maximum atomic E-state index is 12.1. The van der Waals surface area contributed by atoms with Gasteiger partial charge in [0, 0.05) is 38.9 Å². The van der Waals surface area contributed by atoms with E-state index in [2.05, 4.69) is 0 Å². The number of fused-ring (bicyclic) bond motifs is 4. The van der Waals surface area contributed by atoms with Crippen molar-refractivity contribution in [2.75, 3.05) is 0 Å². The van der Waals surface area contributed by atoms with E-state index in [1.165, 1.54) is 73.7 Å². The Morgan fingerprint density at radius 1 is 0.370 bits per heavy atom. The quantitative estimate of drug-likeness (QED) is 0.0560. The van der Waals surface area contributed by atoms with E-state index >= 15 is 0 Å². The Morgan fingerprint density at radius 2 is 0.654 bits per heavy atom. The van der Waals surface area contributed by atoms with Crippen LogP contribution in [0.15, 0.2) is 224 Å². The molecule has 392 valence electrons. The van der Waals surface area contributed by atoms with Gasteiger partial charge in [0.15, 0.2) is 52.0 Å². The van der Waals surface area contributed by atoms with Gasteiger partial charge in [0.1, 0.15) is 46.2 Å². The molecule has 1 N–H and O–H groups in total. The van der Waals surface area contributed by atoms with E-state index in [1.807, 2.05) is 0 Å². The molecule has 0 radical (unpaired) electrons. The Hall–Kier alpha value is -10.3. The summed E-state index contributed by atoms with van der Waals surface area (Å²) in [6, 6.07) is 39.4. The fraction of sp³-hybridized carbons (Fsp3) is 0.0312. The van der Waals surface area contributed by atoms with Gasteiger partial charge < -0.3 is 27.9 Å². The molecule has 4 heterocycles. The molecule has 81 heavy (non-hydrogen) atoms. The van der Waals surface area contributed by atoms with Gasteiger partial charge in [0.25, 0.3) is 0 Å². The van der Waals surface area contributed by atoms with Crippen molar-refractivity contribution in [1.82, 2.24) is 0 Å². The number of furan rings is 4. The van der Waals surface area contributed by atoms with Crippen molar-refractivity contribution < 1.29 is 105 Å². The Kier molecular flexibility index (Phi) is 17.9. The average Bonchev–Trinajstić information content (AvgIpc) is 4.38. The van der Waals surface area contributed by atoms with Crippen molar-refractivity contribution >= 4 is 93.7 Å². The second-order valence-electron chi connectivity index (χ2n) is 17.5. The normalized spacial score (nSPS) is 14.4. The smallest absolute Gasteiger partial charge is 0.871 e. The number of rotatable bonds is 12. The molecule has 17 heteroatoms.